The highest BCUT2D eigenvalue weighted by Crippen LogP contribution is 2.53. The van der Waals surface area contributed by atoms with Gasteiger partial charge in [-0.05, 0) is 24.0 Å². The topological polar surface area (TPSA) is 40.6 Å². The number of likely N-dealkylation sites (N-methyl/N-ethyl adjacent to an activating group) is 2. The molecular weight excluding hydrogens is 376 g/mol. The minimum absolute atomic E-state index is 0.0163. The van der Waals surface area contributed by atoms with Crippen molar-refractivity contribution in [2.75, 3.05) is 14.1 Å². The van der Waals surface area contributed by atoms with Gasteiger partial charge < -0.3 is 9.80 Å². The summed E-state index contributed by atoms with van der Waals surface area (Å²) in [5, 5.41) is -0.942. The SMILES string of the molecule is CN1C(=O)C2SC(Cc3ccccc3)(Cc3ccccc3)SC1C(=O)N2C. The summed E-state index contributed by atoms with van der Waals surface area (Å²) < 4.78 is -0.293. The molecule has 2 atom stereocenters. The van der Waals surface area contributed by atoms with Gasteiger partial charge in [0.05, 0.1) is 4.08 Å². The van der Waals surface area contributed by atoms with E-state index in [-0.39, 0.29) is 15.9 Å². The Kier molecular flexibility index (Phi) is 4.95. The third-order valence-corrected chi connectivity index (χ3v) is 8.60. The van der Waals surface area contributed by atoms with Gasteiger partial charge in [-0.25, -0.2) is 0 Å². The predicted octanol–water partition coefficient (Wildman–Crippen LogP) is 3.23. The molecule has 3 heterocycles. The zero-order valence-electron chi connectivity index (χ0n) is 15.4. The van der Waals surface area contributed by atoms with Crippen LogP contribution in [0.15, 0.2) is 60.7 Å². The highest BCUT2D eigenvalue weighted by Gasteiger charge is 2.54. The first-order chi connectivity index (χ1) is 13.0. The number of carbonyl (C=O) groups is 2. The Hall–Kier alpha value is -1.92. The second-order valence-corrected chi connectivity index (χ2v) is 10.3. The van der Waals surface area contributed by atoms with Gasteiger partial charge in [-0.3, -0.25) is 9.59 Å². The van der Waals surface area contributed by atoms with E-state index in [9.17, 15) is 9.59 Å². The van der Waals surface area contributed by atoms with Gasteiger partial charge in [0.15, 0.2) is 10.7 Å². The van der Waals surface area contributed by atoms with Gasteiger partial charge in [0, 0.05) is 14.1 Å². The van der Waals surface area contributed by atoms with Crippen molar-refractivity contribution < 1.29 is 9.59 Å². The third-order valence-electron chi connectivity index (χ3n) is 5.11. The number of carbonyl (C=O) groups excluding carboxylic acids is 2. The van der Waals surface area contributed by atoms with Crippen LogP contribution in [0, 0.1) is 0 Å². The minimum atomic E-state index is -0.471. The third kappa shape index (κ3) is 3.48. The lowest BCUT2D eigenvalue weighted by atomic mass is 10.0. The summed E-state index contributed by atoms with van der Waals surface area (Å²) in [6.45, 7) is 0. The molecule has 0 saturated carbocycles. The molecule has 4 nitrogen and oxygen atoms in total. The molecule has 0 radical (unpaired) electrons. The average molecular weight is 399 g/mol. The monoisotopic (exact) mass is 398 g/mol. The zero-order chi connectivity index (χ0) is 19.0. The highest BCUT2D eigenvalue weighted by atomic mass is 32.2. The smallest absolute Gasteiger partial charge is 0.256 e. The standard InChI is InChI=1S/C21H22N2O2S2/c1-22-17(24)20-23(2)18(25)19(22)26-21(27-20,13-15-9-5-3-6-10-15)14-16-11-7-4-8-12-16/h3-12,19-20H,13-14H2,1-2H3. The van der Waals surface area contributed by atoms with Crippen molar-refractivity contribution in [2.24, 2.45) is 0 Å². The molecule has 2 bridgehead atoms. The van der Waals surface area contributed by atoms with E-state index < -0.39 is 10.7 Å². The number of benzene rings is 2. The van der Waals surface area contributed by atoms with Gasteiger partial charge in [0.1, 0.15) is 0 Å². The first kappa shape index (κ1) is 18.4. The van der Waals surface area contributed by atoms with Crippen LogP contribution in [0.5, 0.6) is 0 Å². The molecule has 2 aromatic carbocycles. The largest absolute Gasteiger partial charge is 0.322 e. The minimum Gasteiger partial charge on any atom is -0.322 e. The predicted molar refractivity (Wildman–Crippen MR) is 111 cm³/mol. The molecule has 0 aliphatic carbocycles. The van der Waals surface area contributed by atoms with Crippen LogP contribution in [-0.4, -0.2) is 50.5 Å². The fourth-order valence-electron chi connectivity index (χ4n) is 3.65. The summed E-state index contributed by atoms with van der Waals surface area (Å²) in [6, 6.07) is 20.7. The molecule has 2 unspecified atom stereocenters. The number of piperazine rings is 1. The summed E-state index contributed by atoms with van der Waals surface area (Å²) in [4.78, 5) is 29.0. The Morgan fingerprint density at radius 3 is 1.48 bits per heavy atom. The van der Waals surface area contributed by atoms with E-state index in [1.807, 2.05) is 36.4 Å². The number of rotatable bonds is 4. The Balaban J connectivity index is 1.76. The molecule has 0 N–H and O–H groups in total. The lowest BCUT2D eigenvalue weighted by molar-refractivity contribution is -0.150. The number of thioether (sulfide) groups is 2. The molecule has 27 heavy (non-hydrogen) atoms. The molecule has 3 saturated heterocycles. The summed E-state index contributed by atoms with van der Waals surface area (Å²) in [7, 11) is 3.50. The Labute approximate surface area is 168 Å². The van der Waals surface area contributed by atoms with Gasteiger partial charge in [-0.1, -0.05) is 60.7 Å². The Morgan fingerprint density at radius 2 is 1.11 bits per heavy atom. The van der Waals surface area contributed by atoms with Crippen LogP contribution in [0.25, 0.3) is 0 Å². The Bertz CT molecular complexity index is 772. The average Bonchev–Trinajstić information content (AvgIpc) is 2.85. The lowest BCUT2D eigenvalue weighted by Gasteiger charge is -2.37. The number of fused-ring (bicyclic) bond motifs is 4. The summed E-state index contributed by atoms with van der Waals surface area (Å²) in [5.41, 5.74) is 2.44. The van der Waals surface area contributed by atoms with E-state index in [1.165, 1.54) is 11.1 Å². The first-order valence-corrected chi connectivity index (χ1v) is 10.7. The molecule has 140 valence electrons. The van der Waals surface area contributed by atoms with Crippen LogP contribution >= 0.6 is 23.5 Å². The van der Waals surface area contributed by atoms with Crippen molar-refractivity contribution in [2.45, 2.75) is 27.7 Å². The van der Waals surface area contributed by atoms with Gasteiger partial charge in [-0.15, -0.1) is 23.5 Å². The molecule has 3 aliphatic heterocycles. The van der Waals surface area contributed by atoms with E-state index in [1.54, 1.807) is 47.4 Å². The quantitative estimate of drug-likeness (QED) is 0.793. The molecule has 5 rings (SSSR count). The maximum absolute atomic E-state index is 12.9. The maximum atomic E-state index is 12.9. The van der Waals surface area contributed by atoms with Crippen LogP contribution < -0.4 is 0 Å². The van der Waals surface area contributed by atoms with Crippen LogP contribution in [0.4, 0.5) is 0 Å². The van der Waals surface area contributed by atoms with E-state index in [0.29, 0.717) is 0 Å². The van der Waals surface area contributed by atoms with Crippen LogP contribution in [0.2, 0.25) is 0 Å². The molecular formula is C21H22N2O2S2. The second-order valence-electron chi connectivity index (χ2n) is 7.07. The number of hydrogen-bond donors (Lipinski definition) is 0. The van der Waals surface area contributed by atoms with Gasteiger partial charge in [0.25, 0.3) is 11.8 Å². The highest BCUT2D eigenvalue weighted by molar-refractivity contribution is 8.19. The number of amides is 2. The van der Waals surface area contributed by atoms with Crippen LogP contribution in [-0.2, 0) is 22.4 Å². The van der Waals surface area contributed by atoms with Crippen molar-refractivity contribution in [3.63, 3.8) is 0 Å². The summed E-state index contributed by atoms with van der Waals surface area (Å²) in [6.07, 6.45) is 1.60. The van der Waals surface area contributed by atoms with Crippen molar-refractivity contribution in [1.82, 2.24) is 9.80 Å². The van der Waals surface area contributed by atoms with Crippen LogP contribution in [0.3, 0.4) is 0 Å². The molecule has 0 spiro atoms. The first-order valence-electron chi connectivity index (χ1n) is 8.96. The molecule has 6 heteroatoms. The fourth-order valence-corrected chi connectivity index (χ4v) is 7.29. The number of hydrogen-bond acceptors (Lipinski definition) is 4. The van der Waals surface area contributed by atoms with Crippen LogP contribution in [0.1, 0.15) is 11.1 Å². The summed E-state index contributed by atoms with van der Waals surface area (Å²) in [5.74, 6) is 0.0326. The van der Waals surface area contributed by atoms with Crippen molar-refractivity contribution in [3.05, 3.63) is 71.8 Å². The molecule has 3 fully saturated rings. The van der Waals surface area contributed by atoms with Gasteiger partial charge in [0.2, 0.25) is 0 Å². The second kappa shape index (κ2) is 7.24. The van der Waals surface area contributed by atoms with Crippen molar-refractivity contribution in [3.8, 4) is 0 Å². The lowest BCUT2D eigenvalue weighted by Crippen LogP contribution is -2.58. The normalized spacial score (nSPS) is 24.2. The van der Waals surface area contributed by atoms with E-state index in [2.05, 4.69) is 24.3 Å². The van der Waals surface area contributed by atoms with Gasteiger partial charge >= 0.3 is 0 Å². The molecule has 3 aliphatic rings. The van der Waals surface area contributed by atoms with E-state index >= 15 is 0 Å². The maximum Gasteiger partial charge on any atom is 0.256 e. The van der Waals surface area contributed by atoms with E-state index in [0.717, 1.165) is 12.8 Å². The fraction of sp³-hybridized carbons (Fsp3) is 0.333. The van der Waals surface area contributed by atoms with Gasteiger partial charge in [-0.2, -0.15) is 0 Å². The summed E-state index contributed by atoms with van der Waals surface area (Å²) >= 11 is 3.26. The number of nitrogens with zero attached hydrogens (tertiary/aromatic N) is 2. The van der Waals surface area contributed by atoms with Crippen molar-refractivity contribution >= 4 is 35.3 Å². The van der Waals surface area contributed by atoms with Crippen molar-refractivity contribution in [1.29, 1.82) is 0 Å². The molecule has 0 aromatic heterocycles. The zero-order valence-corrected chi connectivity index (χ0v) is 17.0. The molecule has 2 aromatic rings. The van der Waals surface area contributed by atoms with E-state index in [4.69, 9.17) is 0 Å². The molecule has 2 amide bonds. The Morgan fingerprint density at radius 1 is 0.741 bits per heavy atom.